The van der Waals surface area contributed by atoms with Gasteiger partial charge in [0.05, 0.1) is 38.6 Å². The number of aliphatic hydroxyl groups excluding tert-OH is 1. The number of hydrogen-bond donors (Lipinski definition) is 2. The highest BCUT2D eigenvalue weighted by Gasteiger charge is 2.51. The maximum Gasteiger partial charge on any atom is 0.261 e. The van der Waals surface area contributed by atoms with Gasteiger partial charge in [-0.15, -0.1) is 0 Å². The summed E-state index contributed by atoms with van der Waals surface area (Å²) in [5.41, 5.74) is 0.748. The first-order valence-electron chi connectivity index (χ1n) is 14.4. The Labute approximate surface area is 247 Å². The molecule has 0 fully saturated rings. The summed E-state index contributed by atoms with van der Waals surface area (Å²) in [7, 11) is -1.14. The van der Waals surface area contributed by atoms with E-state index < -0.39 is 20.0 Å². The van der Waals surface area contributed by atoms with E-state index in [0.717, 1.165) is 27.3 Å². The fourth-order valence-electron chi connectivity index (χ4n) is 5.36. The van der Waals surface area contributed by atoms with Gasteiger partial charge in [0.25, 0.3) is 8.32 Å². The topological polar surface area (TPSA) is 68.2 Å². The van der Waals surface area contributed by atoms with Crippen molar-refractivity contribution in [2.75, 3.05) is 20.3 Å². The molecule has 0 radical (unpaired) electrons. The van der Waals surface area contributed by atoms with E-state index >= 15 is 0 Å². The van der Waals surface area contributed by atoms with Crippen molar-refractivity contribution in [3.63, 3.8) is 0 Å². The van der Waals surface area contributed by atoms with E-state index in [4.69, 9.17) is 13.9 Å². The standard InChI is InChI=1S/C35H48O5Si/c1-27(28(2)24-39-25-29-18-20-31(38-7)21-19-29)22-30(36)23-35(6,37)26-40-41(34(3,4)5,32-14-10-8-11-15-32)33-16-12-9-13-17-33/h8-21,28,30,36-37H,1,22-26H2,2-7H3/t28-,30-,35-/m0/s1. The van der Waals surface area contributed by atoms with Gasteiger partial charge in [-0.3, -0.25) is 0 Å². The zero-order valence-electron chi connectivity index (χ0n) is 25.6. The fraction of sp³-hybridized carbons (Fsp3) is 0.429. The molecule has 6 heteroatoms. The van der Waals surface area contributed by atoms with E-state index in [0.29, 0.717) is 19.6 Å². The van der Waals surface area contributed by atoms with Crippen molar-refractivity contribution in [1.82, 2.24) is 0 Å². The van der Waals surface area contributed by atoms with Crippen LogP contribution < -0.4 is 15.1 Å². The highest BCUT2D eigenvalue weighted by molar-refractivity contribution is 6.99. The van der Waals surface area contributed by atoms with Gasteiger partial charge in [0.15, 0.2) is 0 Å². The van der Waals surface area contributed by atoms with E-state index in [2.05, 4.69) is 51.6 Å². The van der Waals surface area contributed by atoms with Gasteiger partial charge < -0.3 is 24.1 Å². The molecule has 0 unspecified atom stereocenters. The third-order valence-corrected chi connectivity index (χ3v) is 12.7. The zero-order chi connectivity index (χ0) is 30.1. The van der Waals surface area contributed by atoms with Crippen molar-refractivity contribution >= 4 is 18.7 Å². The van der Waals surface area contributed by atoms with Crippen molar-refractivity contribution in [3.05, 3.63) is 103 Å². The molecule has 0 bridgehead atoms. The quantitative estimate of drug-likeness (QED) is 0.175. The molecule has 0 saturated carbocycles. The Morgan fingerprint density at radius 3 is 1.90 bits per heavy atom. The number of methoxy groups -OCH3 is 1. The molecule has 222 valence electrons. The van der Waals surface area contributed by atoms with Crippen molar-refractivity contribution in [2.24, 2.45) is 5.92 Å². The minimum absolute atomic E-state index is 0.0706. The summed E-state index contributed by atoms with van der Waals surface area (Å²) in [6.45, 7) is 15.8. The van der Waals surface area contributed by atoms with Crippen LogP contribution in [0.4, 0.5) is 0 Å². The van der Waals surface area contributed by atoms with Crippen LogP contribution in [0.5, 0.6) is 5.75 Å². The van der Waals surface area contributed by atoms with Crippen LogP contribution in [0.25, 0.3) is 0 Å². The maximum absolute atomic E-state index is 11.4. The fourth-order valence-corrected chi connectivity index (χ4v) is 10.0. The Kier molecular flexibility index (Phi) is 11.5. The predicted octanol–water partition coefficient (Wildman–Crippen LogP) is 5.87. The number of benzene rings is 3. The van der Waals surface area contributed by atoms with E-state index in [1.165, 1.54) is 0 Å². The summed E-state index contributed by atoms with van der Waals surface area (Å²) in [5.74, 6) is 0.888. The molecule has 0 amide bonds. The van der Waals surface area contributed by atoms with Gasteiger partial charge in [0, 0.05) is 12.3 Å². The zero-order valence-corrected chi connectivity index (χ0v) is 26.6. The minimum Gasteiger partial charge on any atom is -0.497 e. The second kappa shape index (κ2) is 14.4. The van der Waals surface area contributed by atoms with Crippen molar-refractivity contribution in [2.45, 2.75) is 70.8 Å². The first-order chi connectivity index (χ1) is 19.4. The summed E-state index contributed by atoms with van der Waals surface area (Å²) in [6, 6.07) is 28.6. The predicted molar refractivity (Wildman–Crippen MR) is 170 cm³/mol. The molecular weight excluding hydrogens is 528 g/mol. The van der Waals surface area contributed by atoms with E-state index in [9.17, 15) is 10.2 Å². The number of hydrogen-bond acceptors (Lipinski definition) is 5. The third kappa shape index (κ3) is 8.87. The lowest BCUT2D eigenvalue weighted by atomic mass is 9.92. The van der Waals surface area contributed by atoms with Crippen LogP contribution in [0.1, 0.15) is 53.0 Å². The molecule has 0 spiro atoms. The highest BCUT2D eigenvalue weighted by atomic mass is 28.4. The smallest absolute Gasteiger partial charge is 0.261 e. The van der Waals surface area contributed by atoms with Crippen LogP contribution in [-0.4, -0.2) is 50.6 Å². The Bertz CT molecular complexity index is 1160. The molecule has 3 aromatic rings. The molecule has 2 N–H and O–H groups in total. The molecule has 3 aromatic carbocycles. The molecule has 3 atom stereocenters. The van der Waals surface area contributed by atoms with Crippen LogP contribution >= 0.6 is 0 Å². The van der Waals surface area contributed by atoms with Crippen LogP contribution in [-0.2, 0) is 15.8 Å². The number of ether oxygens (including phenoxy) is 2. The summed E-state index contributed by atoms with van der Waals surface area (Å²) in [5, 5.41) is 24.5. The van der Waals surface area contributed by atoms with E-state index in [1.807, 2.05) is 67.6 Å². The van der Waals surface area contributed by atoms with Gasteiger partial charge in [-0.25, -0.2) is 0 Å². The van der Waals surface area contributed by atoms with Crippen molar-refractivity contribution < 1.29 is 24.1 Å². The third-order valence-electron chi connectivity index (χ3n) is 7.68. The molecular formula is C35H48O5Si. The molecule has 5 nitrogen and oxygen atoms in total. The first kappa shape index (κ1) is 32.8. The lowest BCUT2D eigenvalue weighted by Crippen LogP contribution is -2.67. The summed E-state index contributed by atoms with van der Waals surface area (Å²) in [4.78, 5) is 0. The van der Waals surface area contributed by atoms with Gasteiger partial charge in [-0.05, 0) is 46.5 Å². The molecule has 0 aliphatic rings. The van der Waals surface area contributed by atoms with Crippen molar-refractivity contribution in [3.8, 4) is 5.75 Å². The van der Waals surface area contributed by atoms with Gasteiger partial charge in [0.1, 0.15) is 5.75 Å². The second-order valence-electron chi connectivity index (χ2n) is 12.4. The highest BCUT2D eigenvalue weighted by Crippen LogP contribution is 2.37. The van der Waals surface area contributed by atoms with Crippen LogP contribution in [0.2, 0.25) is 5.04 Å². The molecule has 0 heterocycles. The summed E-state index contributed by atoms with van der Waals surface area (Å²) in [6.07, 6.45) is -0.171. The van der Waals surface area contributed by atoms with Gasteiger partial charge >= 0.3 is 0 Å². The number of rotatable bonds is 15. The van der Waals surface area contributed by atoms with Crippen LogP contribution in [0.15, 0.2) is 97.1 Å². The lowest BCUT2D eigenvalue weighted by Gasteiger charge is -2.44. The molecule has 0 aliphatic carbocycles. The largest absolute Gasteiger partial charge is 0.497 e. The van der Waals surface area contributed by atoms with Crippen LogP contribution in [0, 0.1) is 5.92 Å². The Balaban J connectivity index is 1.61. The molecule has 3 rings (SSSR count). The summed E-state index contributed by atoms with van der Waals surface area (Å²) < 4.78 is 18.0. The SMILES string of the molecule is C=C(C[C@H](O)C[C@](C)(O)CO[Si](c1ccccc1)(c1ccccc1)C(C)(C)C)[C@@H](C)COCc1ccc(OC)cc1. The normalized spacial score (nSPS) is 15.1. The molecule has 41 heavy (non-hydrogen) atoms. The Morgan fingerprint density at radius 2 is 1.41 bits per heavy atom. The minimum atomic E-state index is -2.79. The monoisotopic (exact) mass is 576 g/mol. The molecule has 0 aliphatic heterocycles. The maximum atomic E-state index is 11.4. The van der Waals surface area contributed by atoms with Gasteiger partial charge in [0.2, 0.25) is 0 Å². The second-order valence-corrected chi connectivity index (χ2v) is 16.7. The van der Waals surface area contributed by atoms with Gasteiger partial charge in [-0.1, -0.05) is 113 Å². The van der Waals surface area contributed by atoms with Gasteiger partial charge in [-0.2, -0.15) is 0 Å². The molecule has 0 saturated heterocycles. The van der Waals surface area contributed by atoms with Crippen LogP contribution in [0.3, 0.4) is 0 Å². The Hall–Kier alpha value is -2.74. The first-order valence-corrected chi connectivity index (χ1v) is 16.3. The van der Waals surface area contributed by atoms with E-state index in [-0.39, 0.29) is 24.0 Å². The molecule has 0 aromatic heterocycles. The average molecular weight is 577 g/mol. The lowest BCUT2D eigenvalue weighted by molar-refractivity contribution is -0.0315. The number of aliphatic hydroxyl groups is 2. The Morgan fingerprint density at radius 1 is 0.878 bits per heavy atom. The van der Waals surface area contributed by atoms with Crippen molar-refractivity contribution in [1.29, 1.82) is 0 Å². The average Bonchev–Trinajstić information content (AvgIpc) is 2.93. The summed E-state index contributed by atoms with van der Waals surface area (Å²) >= 11 is 0. The van der Waals surface area contributed by atoms with E-state index in [1.54, 1.807) is 14.0 Å².